The predicted molar refractivity (Wildman–Crippen MR) is 68.5 cm³/mol. The number of rotatable bonds is 2. The first kappa shape index (κ1) is 10.2. The third kappa shape index (κ3) is 1.73. The van der Waals surface area contributed by atoms with E-state index in [0.29, 0.717) is 0 Å². The van der Waals surface area contributed by atoms with E-state index in [0.717, 1.165) is 22.0 Å². The summed E-state index contributed by atoms with van der Waals surface area (Å²) in [5, 5.41) is 5.14. The number of hydrogen-bond donors (Lipinski definition) is 1. The molecule has 0 amide bonds. The summed E-state index contributed by atoms with van der Waals surface area (Å²) in [7, 11) is 0. The van der Waals surface area contributed by atoms with Gasteiger partial charge in [-0.1, -0.05) is 44.0 Å². The molecule has 0 atom stereocenters. The van der Waals surface area contributed by atoms with Crippen molar-refractivity contribution in [2.24, 2.45) is 4.99 Å². The normalized spacial score (nSPS) is 17.3. The van der Waals surface area contributed by atoms with Crippen LogP contribution >= 0.6 is 31.9 Å². The van der Waals surface area contributed by atoms with Crippen molar-refractivity contribution in [3.63, 3.8) is 0 Å². The zero-order valence-electron chi connectivity index (χ0n) is 7.50. The number of nitrogens with one attached hydrogen (secondary N) is 1. The number of aliphatic imine (C=N–C) groups is 1. The molecule has 0 saturated carbocycles. The van der Waals surface area contributed by atoms with Gasteiger partial charge in [-0.25, -0.2) is 0 Å². The van der Waals surface area contributed by atoms with Gasteiger partial charge in [-0.05, 0) is 12.1 Å². The quantitative estimate of drug-likeness (QED) is 0.831. The molecule has 0 bridgehead atoms. The van der Waals surface area contributed by atoms with Crippen molar-refractivity contribution in [1.82, 2.24) is 0 Å². The van der Waals surface area contributed by atoms with E-state index in [9.17, 15) is 0 Å². The molecular weight excluding hydrogens is 308 g/mol. The first-order valence-electron chi connectivity index (χ1n) is 4.34. The van der Waals surface area contributed by atoms with Gasteiger partial charge in [0.1, 0.15) is 0 Å². The van der Waals surface area contributed by atoms with Gasteiger partial charge < -0.3 is 5.32 Å². The van der Waals surface area contributed by atoms with Crippen LogP contribution in [0.5, 0.6) is 0 Å². The van der Waals surface area contributed by atoms with E-state index >= 15 is 0 Å². The molecule has 0 spiro atoms. The number of para-hydroxylation sites is 2. The molecule has 1 aromatic rings. The van der Waals surface area contributed by atoms with E-state index in [1.807, 2.05) is 30.5 Å². The predicted octanol–water partition coefficient (Wildman–Crippen LogP) is 3.34. The Labute approximate surface area is 100 Å². The topological polar surface area (TPSA) is 24.4 Å². The smallest absolute Gasteiger partial charge is 0.0921 e. The van der Waals surface area contributed by atoms with E-state index in [4.69, 9.17) is 0 Å². The van der Waals surface area contributed by atoms with Crippen LogP contribution in [0.4, 0.5) is 11.4 Å². The van der Waals surface area contributed by atoms with Crippen LogP contribution in [-0.2, 0) is 0 Å². The molecule has 0 aromatic heterocycles. The minimum Gasteiger partial charge on any atom is -0.371 e. The number of hydrogen-bond acceptors (Lipinski definition) is 2. The molecule has 14 heavy (non-hydrogen) atoms. The second kappa shape index (κ2) is 4.03. The fraction of sp³-hybridized carbons (Fsp3) is 0.300. The van der Waals surface area contributed by atoms with Gasteiger partial charge in [0, 0.05) is 16.9 Å². The standard InChI is InChI=1S/C10H10Br2N2/c11-5-10(6-12)7-13-8-3-1-2-4-9(8)14-10/h1-4,7,14H,5-6H2. The van der Waals surface area contributed by atoms with Gasteiger partial charge in [0.25, 0.3) is 0 Å². The van der Waals surface area contributed by atoms with Crippen molar-refractivity contribution < 1.29 is 0 Å². The Morgan fingerprint density at radius 2 is 1.93 bits per heavy atom. The van der Waals surface area contributed by atoms with Crippen LogP contribution in [0.25, 0.3) is 0 Å². The maximum Gasteiger partial charge on any atom is 0.0921 e. The Kier molecular flexibility index (Phi) is 2.93. The summed E-state index contributed by atoms with van der Waals surface area (Å²) in [6.07, 6.45) is 1.96. The molecule has 1 heterocycles. The zero-order chi connectivity index (χ0) is 10.0. The van der Waals surface area contributed by atoms with E-state index in [-0.39, 0.29) is 5.54 Å². The van der Waals surface area contributed by atoms with E-state index in [1.54, 1.807) is 0 Å². The molecule has 0 saturated heterocycles. The maximum atomic E-state index is 4.44. The summed E-state index contributed by atoms with van der Waals surface area (Å²) in [5.74, 6) is 0. The average molecular weight is 318 g/mol. The van der Waals surface area contributed by atoms with Gasteiger partial charge in [-0.3, -0.25) is 4.99 Å². The molecule has 1 aromatic carbocycles. The lowest BCUT2D eigenvalue weighted by Crippen LogP contribution is -2.45. The molecule has 4 heteroatoms. The zero-order valence-corrected chi connectivity index (χ0v) is 10.7. The first-order chi connectivity index (χ1) is 6.79. The number of anilines is 1. The first-order valence-corrected chi connectivity index (χ1v) is 6.58. The van der Waals surface area contributed by atoms with Gasteiger partial charge in [0.05, 0.1) is 16.9 Å². The van der Waals surface area contributed by atoms with Crippen molar-refractivity contribution in [2.45, 2.75) is 5.54 Å². The third-order valence-corrected chi connectivity index (χ3v) is 4.22. The fourth-order valence-electron chi connectivity index (χ4n) is 1.36. The lowest BCUT2D eigenvalue weighted by atomic mass is 10.0. The van der Waals surface area contributed by atoms with Gasteiger partial charge in [-0.2, -0.15) is 0 Å². The summed E-state index contributed by atoms with van der Waals surface area (Å²) in [6.45, 7) is 0. The van der Waals surface area contributed by atoms with Gasteiger partial charge >= 0.3 is 0 Å². The van der Waals surface area contributed by atoms with Crippen LogP contribution in [-0.4, -0.2) is 22.4 Å². The molecular formula is C10H10Br2N2. The Balaban J connectivity index is 2.37. The van der Waals surface area contributed by atoms with Crippen molar-refractivity contribution in [3.8, 4) is 0 Å². The van der Waals surface area contributed by atoms with Gasteiger partial charge in [0.2, 0.25) is 0 Å². The number of halogens is 2. The fourth-order valence-corrected chi connectivity index (χ4v) is 2.86. The van der Waals surface area contributed by atoms with Crippen LogP contribution in [0.3, 0.4) is 0 Å². The van der Waals surface area contributed by atoms with E-state index in [1.165, 1.54) is 0 Å². The summed E-state index contributed by atoms with van der Waals surface area (Å²) >= 11 is 6.99. The number of alkyl halides is 2. The van der Waals surface area contributed by atoms with Crippen LogP contribution in [0.15, 0.2) is 29.3 Å². The third-order valence-electron chi connectivity index (χ3n) is 2.22. The monoisotopic (exact) mass is 316 g/mol. The molecule has 0 unspecified atom stereocenters. The summed E-state index contributed by atoms with van der Waals surface area (Å²) in [5.41, 5.74) is 1.99. The van der Waals surface area contributed by atoms with Crippen molar-refractivity contribution in [3.05, 3.63) is 24.3 Å². The van der Waals surface area contributed by atoms with Crippen molar-refractivity contribution >= 4 is 49.4 Å². The van der Waals surface area contributed by atoms with E-state index < -0.39 is 0 Å². The molecule has 0 radical (unpaired) electrons. The Morgan fingerprint density at radius 3 is 2.64 bits per heavy atom. The Hall–Kier alpha value is -0.350. The highest BCUT2D eigenvalue weighted by Crippen LogP contribution is 2.32. The lowest BCUT2D eigenvalue weighted by Gasteiger charge is -2.31. The summed E-state index contributed by atoms with van der Waals surface area (Å²) in [4.78, 5) is 4.44. The van der Waals surface area contributed by atoms with Crippen molar-refractivity contribution in [1.29, 1.82) is 0 Å². The summed E-state index contributed by atoms with van der Waals surface area (Å²) < 4.78 is 0. The highest BCUT2D eigenvalue weighted by Gasteiger charge is 2.28. The minimum atomic E-state index is -0.103. The van der Waals surface area contributed by atoms with Crippen LogP contribution in [0.2, 0.25) is 0 Å². The SMILES string of the molecule is BrCC1(CBr)C=Nc2ccccc2N1. The Morgan fingerprint density at radius 1 is 1.21 bits per heavy atom. The molecule has 74 valence electrons. The van der Waals surface area contributed by atoms with Crippen LogP contribution < -0.4 is 5.32 Å². The molecule has 2 nitrogen and oxygen atoms in total. The molecule has 1 aliphatic rings. The van der Waals surface area contributed by atoms with Crippen LogP contribution in [0, 0.1) is 0 Å². The molecule has 2 rings (SSSR count). The molecule has 0 aliphatic carbocycles. The second-order valence-corrected chi connectivity index (χ2v) is 4.45. The van der Waals surface area contributed by atoms with Crippen molar-refractivity contribution in [2.75, 3.05) is 16.0 Å². The van der Waals surface area contributed by atoms with E-state index in [2.05, 4.69) is 42.2 Å². The highest BCUT2D eigenvalue weighted by molar-refractivity contribution is 9.10. The highest BCUT2D eigenvalue weighted by atomic mass is 79.9. The Bertz CT molecular complexity index is 359. The second-order valence-electron chi connectivity index (χ2n) is 3.32. The minimum absolute atomic E-state index is 0.103. The van der Waals surface area contributed by atoms with Crippen LogP contribution in [0.1, 0.15) is 0 Å². The number of nitrogens with zero attached hydrogens (tertiary/aromatic N) is 1. The van der Waals surface area contributed by atoms with Gasteiger partial charge in [0.15, 0.2) is 0 Å². The molecule has 1 N–H and O–H groups in total. The largest absolute Gasteiger partial charge is 0.371 e. The molecule has 1 aliphatic heterocycles. The number of benzene rings is 1. The average Bonchev–Trinajstić information content (AvgIpc) is 2.28. The number of fused-ring (bicyclic) bond motifs is 1. The lowest BCUT2D eigenvalue weighted by molar-refractivity contribution is 0.807. The molecule has 0 fully saturated rings. The summed E-state index contributed by atoms with van der Waals surface area (Å²) in [6, 6.07) is 8.06. The van der Waals surface area contributed by atoms with Gasteiger partial charge in [-0.15, -0.1) is 0 Å². The maximum absolute atomic E-state index is 4.44.